The topological polar surface area (TPSA) is 72.1 Å². The summed E-state index contributed by atoms with van der Waals surface area (Å²) in [6.07, 6.45) is 1.43. The van der Waals surface area contributed by atoms with E-state index in [0.29, 0.717) is 45.7 Å². The molecule has 0 atom stereocenters. The molecule has 0 radical (unpaired) electrons. The smallest absolute Gasteiger partial charge is 0.218 e. The van der Waals surface area contributed by atoms with Gasteiger partial charge >= 0.3 is 0 Å². The summed E-state index contributed by atoms with van der Waals surface area (Å²) in [5.74, 6) is 1.62. The maximum absolute atomic E-state index is 6.44. The van der Waals surface area contributed by atoms with E-state index in [0.717, 1.165) is 11.1 Å². The molecule has 0 aliphatic rings. The van der Waals surface area contributed by atoms with Gasteiger partial charge in [0.05, 0.1) is 21.7 Å². The number of aromatic nitrogens is 3. The summed E-state index contributed by atoms with van der Waals surface area (Å²) in [6.45, 7) is 3.17. The standard InChI is InChI=1S/C18H17Cl3N4O2/c1-2-26-16-7-12(8-22-18-23-10-24-25-18)6-15(21)17(16)27-9-11-3-4-13(19)14(20)5-11/h3-7,10H,2,8-9H2,1H3,(H2,22,23,24,25). The molecule has 1 aromatic heterocycles. The Hall–Kier alpha value is -2.15. The van der Waals surface area contributed by atoms with Crippen LogP contribution in [0.15, 0.2) is 36.7 Å². The molecule has 0 aliphatic carbocycles. The maximum atomic E-state index is 6.44. The number of aromatic amines is 1. The molecule has 3 aromatic rings. The molecule has 0 aliphatic heterocycles. The fourth-order valence-corrected chi connectivity index (χ4v) is 3.00. The highest BCUT2D eigenvalue weighted by molar-refractivity contribution is 6.42. The third kappa shape index (κ3) is 5.19. The van der Waals surface area contributed by atoms with Gasteiger partial charge in [0, 0.05) is 6.54 Å². The second-order valence-corrected chi connectivity index (χ2v) is 6.78. The molecule has 0 saturated carbocycles. The van der Waals surface area contributed by atoms with Crippen molar-refractivity contribution in [2.24, 2.45) is 0 Å². The number of hydrogen-bond donors (Lipinski definition) is 2. The van der Waals surface area contributed by atoms with Crippen molar-refractivity contribution in [2.75, 3.05) is 11.9 Å². The summed E-state index contributed by atoms with van der Waals surface area (Å²) in [5, 5.41) is 11.1. The van der Waals surface area contributed by atoms with E-state index in [1.54, 1.807) is 12.1 Å². The van der Waals surface area contributed by atoms with E-state index in [4.69, 9.17) is 44.3 Å². The number of benzene rings is 2. The second-order valence-electron chi connectivity index (χ2n) is 5.56. The fourth-order valence-electron chi connectivity index (χ4n) is 2.39. The molecule has 9 heteroatoms. The zero-order valence-electron chi connectivity index (χ0n) is 14.4. The third-order valence-corrected chi connectivity index (χ3v) is 4.63. The number of rotatable bonds is 8. The van der Waals surface area contributed by atoms with Gasteiger partial charge in [0.1, 0.15) is 12.9 Å². The Morgan fingerprint density at radius 1 is 1.00 bits per heavy atom. The average molecular weight is 428 g/mol. The predicted octanol–water partition coefficient (Wildman–Crippen LogP) is 5.35. The molecule has 142 valence electrons. The molecule has 0 fully saturated rings. The molecule has 0 saturated heterocycles. The first-order valence-electron chi connectivity index (χ1n) is 8.18. The van der Waals surface area contributed by atoms with Crippen LogP contribution in [-0.4, -0.2) is 21.8 Å². The van der Waals surface area contributed by atoms with Crippen molar-refractivity contribution in [3.63, 3.8) is 0 Å². The quantitative estimate of drug-likeness (QED) is 0.506. The van der Waals surface area contributed by atoms with Crippen LogP contribution in [0.4, 0.5) is 5.95 Å². The van der Waals surface area contributed by atoms with Crippen LogP contribution in [-0.2, 0) is 13.2 Å². The highest BCUT2D eigenvalue weighted by Crippen LogP contribution is 2.37. The Morgan fingerprint density at radius 2 is 1.81 bits per heavy atom. The van der Waals surface area contributed by atoms with Gasteiger partial charge in [0.15, 0.2) is 11.5 Å². The van der Waals surface area contributed by atoms with Crippen LogP contribution in [0, 0.1) is 0 Å². The van der Waals surface area contributed by atoms with Crippen molar-refractivity contribution in [3.8, 4) is 11.5 Å². The van der Waals surface area contributed by atoms with E-state index in [1.807, 2.05) is 25.1 Å². The number of nitrogens with zero attached hydrogens (tertiary/aromatic N) is 2. The number of anilines is 1. The number of halogens is 3. The third-order valence-electron chi connectivity index (χ3n) is 3.61. The van der Waals surface area contributed by atoms with Crippen LogP contribution in [0.2, 0.25) is 15.1 Å². The summed E-state index contributed by atoms with van der Waals surface area (Å²) >= 11 is 18.4. The van der Waals surface area contributed by atoms with Crippen molar-refractivity contribution < 1.29 is 9.47 Å². The average Bonchev–Trinajstić information content (AvgIpc) is 3.16. The summed E-state index contributed by atoms with van der Waals surface area (Å²) < 4.78 is 11.6. The fraction of sp³-hybridized carbons (Fsp3) is 0.222. The van der Waals surface area contributed by atoms with Gasteiger partial charge in [0.2, 0.25) is 5.95 Å². The largest absolute Gasteiger partial charge is 0.490 e. The van der Waals surface area contributed by atoms with Crippen molar-refractivity contribution >= 4 is 40.8 Å². The van der Waals surface area contributed by atoms with Gasteiger partial charge in [-0.05, 0) is 42.3 Å². The minimum Gasteiger partial charge on any atom is -0.490 e. The van der Waals surface area contributed by atoms with Gasteiger partial charge in [-0.15, -0.1) is 0 Å². The molecule has 27 heavy (non-hydrogen) atoms. The molecule has 6 nitrogen and oxygen atoms in total. The van der Waals surface area contributed by atoms with Gasteiger partial charge in [-0.3, -0.25) is 0 Å². The van der Waals surface area contributed by atoms with Crippen molar-refractivity contribution in [1.29, 1.82) is 0 Å². The van der Waals surface area contributed by atoms with Crippen LogP contribution >= 0.6 is 34.8 Å². The lowest BCUT2D eigenvalue weighted by molar-refractivity contribution is 0.269. The lowest BCUT2D eigenvalue weighted by Crippen LogP contribution is -2.04. The van der Waals surface area contributed by atoms with E-state index in [9.17, 15) is 0 Å². The SMILES string of the molecule is CCOc1cc(CNc2ncn[nH]2)cc(Cl)c1OCc1ccc(Cl)c(Cl)c1. The molecule has 0 spiro atoms. The van der Waals surface area contributed by atoms with E-state index < -0.39 is 0 Å². The molecule has 0 bridgehead atoms. The first-order valence-corrected chi connectivity index (χ1v) is 9.31. The monoisotopic (exact) mass is 426 g/mol. The Kier molecular flexibility index (Phi) is 6.66. The van der Waals surface area contributed by atoms with Gasteiger partial charge in [-0.1, -0.05) is 40.9 Å². The summed E-state index contributed by atoms with van der Waals surface area (Å²) in [7, 11) is 0. The van der Waals surface area contributed by atoms with Gasteiger partial charge in [0.25, 0.3) is 0 Å². The van der Waals surface area contributed by atoms with E-state index in [1.165, 1.54) is 6.33 Å². The van der Waals surface area contributed by atoms with E-state index >= 15 is 0 Å². The number of hydrogen-bond acceptors (Lipinski definition) is 5. The molecular weight excluding hydrogens is 411 g/mol. The zero-order chi connectivity index (χ0) is 19.2. The maximum Gasteiger partial charge on any atom is 0.218 e. The Bertz CT molecular complexity index is 904. The summed E-state index contributed by atoms with van der Waals surface area (Å²) in [4.78, 5) is 4.02. The lowest BCUT2D eigenvalue weighted by atomic mass is 10.2. The summed E-state index contributed by atoms with van der Waals surface area (Å²) in [5.41, 5.74) is 1.79. The molecule has 2 aromatic carbocycles. The molecule has 3 rings (SSSR count). The van der Waals surface area contributed by atoms with E-state index in [2.05, 4.69) is 20.5 Å². The molecular formula is C18H17Cl3N4O2. The van der Waals surface area contributed by atoms with E-state index in [-0.39, 0.29) is 6.61 Å². The van der Waals surface area contributed by atoms with Gasteiger partial charge < -0.3 is 14.8 Å². The Balaban J connectivity index is 1.75. The first-order chi connectivity index (χ1) is 13.1. The highest BCUT2D eigenvalue weighted by atomic mass is 35.5. The minimum atomic E-state index is 0.284. The van der Waals surface area contributed by atoms with Crippen LogP contribution in [0.1, 0.15) is 18.1 Å². The van der Waals surface area contributed by atoms with Crippen LogP contribution in [0.5, 0.6) is 11.5 Å². The summed E-state index contributed by atoms with van der Waals surface area (Å²) in [6, 6.07) is 9.03. The number of H-pyrrole nitrogens is 1. The van der Waals surface area contributed by atoms with Crippen molar-refractivity contribution in [2.45, 2.75) is 20.1 Å². The van der Waals surface area contributed by atoms with Crippen LogP contribution < -0.4 is 14.8 Å². The molecule has 0 unspecified atom stereocenters. The van der Waals surface area contributed by atoms with Gasteiger partial charge in [-0.2, -0.15) is 5.10 Å². The molecule has 0 amide bonds. The van der Waals surface area contributed by atoms with Crippen LogP contribution in [0.3, 0.4) is 0 Å². The van der Waals surface area contributed by atoms with Gasteiger partial charge in [-0.25, -0.2) is 10.1 Å². The Morgan fingerprint density at radius 3 is 2.52 bits per heavy atom. The normalized spacial score (nSPS) is 10.7. The number of ether oxygens (including phenoxy) is 2. The number of nitrogens with one attached hydrogen (secondary N) is 2. The van der Waals surface area contributed by atoms with Crippen molar-refractivity contribution in [1.82, 2.24) is 15.2 Å². The first kappa shape index (κ1) is 19.6. The zero-order valence-corrected chi connectivity index (χ0v) is 16.7. The molecule has 2 N–H and O–H groups in total. The predicted molar refractivity (Wildman–Crippen MR) is 107 cm³/mol. The Labute approximate surface area is 171 Å². The second kappa shape index (κ2) is 9.17. The highest BCUT2D eigenvalue weighted by Gasteiger charge is 2.13. The lowest BCUT2D eigenvalue weighted by Gasteiger charge is -2.16. The van der Waals surface area contributed by atoms with Crippen molar-refractivity contribution in [3.05, 3.63) is 62.9 Å². The minimum absolute atomic E-state index is 0.284. The van der Waals surface area contributed by atoms with Crippen LogP contribution in [0.25, 0.3) is 0 Å². The molecule has 1 heterocycles.